The number of carbonyl (C=O) groups is 2. The molecule has 0 fully saturated rings. The van der Waals surface area contributed by atoms with Crippen molar-refractivity contribution < 1.29 is 14.3 Å². The second kappa shape index (κ2) is 11.4. The van der Waals surface area contributed by atoms with E-state index in [1.165, 1.54) is 4.90 Å². The van der Waals surface area contributed by atoms with Crippen molar-refractivity contribution in [2.45, 2.75) is 59.2 Å². The number of nitrogens with one attached hydrogen (secondary N) is 1. The Kier molecular flexibility index (Phi) is 9.43. The zero-order chi connectivity index (χ0) is 24.1. The SMILES string of the molecule is CCC(C(=O)NC(C)(C)C)N(Cc1ccc(Cl)cc1Cl)C(=O)COc1ccc(Br)c(C)c1. The first-order valence-electron chi connectivity index (χ1n) is 10.4. The molecule has 5 nitrogen and oxygen atoms in total. The number of nitrogens with zero attached hydrogens (tertiary/aromatic N) is 1. The van der Waals surface area contributed by atoms with Crippen LogP contribution < -0.4 is 10.1 Å². The number of hydrogen-bond acceptors (Lipinski definition) is 3. The minimum atomic E-state index is -0.677. The van der Waals surface area contributed by atoms with Gasteiger partial charge in [-0.3, -0.25) is 9.59 Å². The van der Waals surface area contributed by atoms with E-state index >= 15 is 0 Å². The number of benzene rings is 2. The molecule has 0 aliphatic heterocycles. The van der Waals surface area contributed by atoms with Crippen molar-refractivity contribution in [2.75, 3.05) is 6.61 Å². The number of ether oxygens (including phenoxy) is 1. The quantitative estimate of drug-likeness (QED) is 0.433. The summed E-state index contributed by atoms with van der Waals surface area (Å²) in [6, 6.07) is 9.92. The van der Waals surface area contributed by atoms with Crippen molar-refractivity contribution >= 4 is 50.9 Å². The first kappa shape index (κ1) is 26.5. The Hall–Kier alpha value is -1.76. The van der Waals surface area contributed by atoms with Crippen molar-refractivity contribution in [1.29, 1.82) is 0 Å². The second-order valence-corrected chi connectivity index (χ2v) is 10.3. The van der Waals surface area contributed by atoms with Crippen molar-refractivity contribution in [3.8, 4) is 5.75 Å². The highest BCUT2D eigenvalue weighted by Gasteiger charge is 2.31. The average Bonchev–Trinajstić information content (AvgIpc) is 2.68. The fourth-order valence-electron chi connectivity index (χ4n) is 3.14. The maximum absolute atomic E-state index is 13.3. The monoisotopic (exact) mass is 542 g/mol. The molecule has 174 valence electrons. The van der Waals surface area contributed by atoms with E-state index < -0.39 is 11.6 Å². The van der Waals surface area contributed by atoms with Gasteiger partial charge in [0, 0.05) is 26.6 Å². The molecule has 1 unspecified atom stereocenters. The van der Waals surface area contributed by atoms with E-state index in [-0.39, 0.29) is 25.0 Å². The van der Waals surface area contributed by atoms with Crippen LogP contribution in [0.1, 0.15) is 45.2 Å². The van der Waals surface area contributed by atoms with E-state index in [0.29, 0.717) is 27.8 Å². The zero-order valence-electron chi connectivity index (χ0n) is 19.0. The van der Waals surface area contributed by atoms with Crippen LogP contribution in [0.2, 0.25) is 10.0 Å². The fraction of sp³-hybridized carbons (Fsp3) is 0.417. The van der Waals surface area contributed by atoms with E-state index in [0.717, 1.165) is 10.0 Å². The average molecular weight is 544 g/mol. The van der Waals surface area contributed by atoms with E-state index in [1.54, 1.807) is 24.3 Å². The molecule has 2 amide bonds. The first-order chi connectivity index (χ1) is 14.9. The summed E-state index contributed by atoms with van der Waals surface area (Å²) in [5.74, 6) is 0.0427. The lowest BCUT2D eigenvalue weighted by atomic mass is 10.1. The van der Waals surface area contributed by atoms with Gasteiger partial charge in [0.25, 0.3) is 5.91 Å². The van der Waals surface area contributed by atoms with Crippen LogP contribution in [0.3, 0.4) is 0 Å². The molecule has 2 aromatic rings. The van der Waals surface area contributed by atoms with Gasteiger partial charge in [0.05, 0.1) is 0 Å². The molecule has 0 bridgehead atoms. The molecule has 1 atom stereocenters. The van der Waals surface area contributed by atoms with E-state index in [1.807, 2.05) is 46.8 Å². The lowest BCUT2D eigenvalue weighted by Crippen LogP contribution is -2.54. The van der Waals surface area contributed by atoms with Crippen LogP contribution in [-0.2, 0) is 16.1 Å². The first-order valence-corrected chi connectivity index (χ1v) is 11.9. The summed E-state index contributed by atoms with van der Waals surface area (Å²) in [5.41, 5.74) is 1.27. The topological polar surface area (TPSA) is 58.6 Å². The number of amides is 2. The molecule has 0 heterocycles. The largest absolute Gasteiger partial charge is 0.484 e. The van der Waals surface area contributed by atoms with Gasteiger partial charge in [-0.05, 0) is 75.6 Å². The van der Waals surface area contributed by atoms with Crippen LogP contribution in [0, 0.1) is 6.92 Å². The fourth-order valence-corrected chi connectivity index (χ4v) is 3.86. The third-order valence-electron chi connectivity index (χ3n) is 4.73. The summed E-state index contributed by atoms with van der Waals surface area (Å²) in [6.07, 6.45) is 0.441. The van der Waals surface area contributed by atoms with Gasteiger partial charge in [0.15, 0.2) is 6.61 Å². The molecule has 32 heavy (non-hydrogen) atoms. The van der Waals surface area contributed by atoms with Crippen molar-refractivity contribution in [2.24, 2.45) is 0 Å². The highest BCUT2D eigenvalue weighted by Crippen LogP contribution is 2.25. The Balaban J connectivity index is 2.29. The number of hydrogen-bond donors (Lipinski definition) is 1. The van der Waals surface area contributed by atoms with Crippen molar-refractivity contribution in [1.82, 2.24) is 10.2 Å². The van der Waals surface area contributed by atoms with Crippen LogP contribution in [0.25, 0.3) is 0 Å². The highest BCUT2D eigenvalue weighted by molar-refractivity contribution is 9.10. The molecule has 2 rings (SSSR count). The molecule has 0 saturated heterocycles. The van der Waals surface area contributed by atoms with Gasteiger partial charge < -0.3 is 15.0 Å². The number of carbonyl (C=O) groups excluding carboxylic acids is 2. The third kappa shape index (κ3) is 7.68. The molecular formula is C24H29BrCl2N2O3. The van der Waals surface area contributed by atoms with Gasteiger partial charge in [-0.25, -0.2) is 0 Å². The van der Waals surface area contributed by atoms with E-state index in [9.17, 15) is 9.59 Å². The summed E-state index contributed by atoms with van der Waals surface area (Å²) >= 11 is 15.8. The van der Waals surface area contributed by atoms with Gasteiger partial charge in [0.2, 0.25) is 5.91 Å². The summed E-state index contributed by atoms with van der Waals surface area (Å²) in [6.45, 7) is 9.48. The third-order valence-corrected chi connectivity index (χ3v) is 6.21. The van der Waals surface area contributed by atoms with Gasteiger partial charge in [-0.1, -0.05) is 52.1 Å². The number of halogens is 3. The predicted molar refractivity (Wildman–Crippen MR) is 133 cm³/mol. The van der Waals surface area contributed by atoms with Crippen LogP contribution in [0.4, 0.5) is 0 Å². The lowest BCUT2D eigenvalue weighted by Gasteiger charge is -2.33. The maximum atomic E-state index is 13.3. The van der Waals surface area contributed by atoms with Crippen LogP contribution in [-0.4, -0.2) is 34.9 Å². The lowest BCUT2D eigenvalue weighted by molar-refractivity contribution is -0.143. The minimum Gasteiger partial charge on any atom is -0.484 e. The highest BCUT2D eigenvalue weighted by atomic mass is 79.9. The molecule has 0 spiro atoms. The number of rotatable bonds is 8. The van der Waals surface area contributed by atoms with E-state index in [4.69, 9.17) is 27.9 Å². The molecule has 0 radical (unpaired) electrons. The Labute approximate surface area is 208 Å². The Morgan fingerprint density at radius 2 is 1.84 bits per heavy atom. The zero-order valence-corrected chi connectivity index (χ0v) is 22.1. The molecule has 0 aromatic heterocycles. The summed E-state index contributed by atoms with van der Waals surface area (Å²) in [7, 11) is 0. The summed E-state index contributed by atoms with van der Waals surface area (Å²) < 4.78 is 6.71. The van der Waals surface area contributed by atoms with Crippen LogP contribution >= 0.6 is 39.1 Å². The second-order valence-electron chi connectivity index (χ2n) is 8.62. The molecule has 0 aliphatic rings. The maximum Gasteiger partial charge on any atom is 0.261 e. The molecule has 0 aliphatic carbocycles. The van der Waals surface area contributed by atoms with Gasteiger partial charge in [-0.15, -0.1) is 0 Å². The Morgan fingerprint density at radius 1 is 1.16 bits per heavy atom. The summed E-state index contributed by atoms with van der Waals surface area (Å²) in [4.78, 5) is 27.8. The smallest absolute Gasteiger partial charge is 0.261 e. The molecule has 1 N–H and O–H groups in total. The van der Waals surface area contributed by atoms with Crippen LogP contribution in [0.15, 0.2) is 40.9 Å². The van der Waals surface area contributed by atoms with Crippen molar-refractivity contribution in [3.63, 3.8) is 0 Å². The minimum absolute atomic E-state index is 0.160. The van der Waals surface area contributed by atoms with Crippen molar-refractivity contribution in [3.05, 3.63) is 62.0 Å². The van der Waals surface area contributed by atoms with Gasteiger partial charge >= 0.3 is 0 Å². The van der Waals surface area contributed by atoms with Crippen LogP contribution in [0.5, 0.6) is 5.75 Å². The molecule has 2 aromatic carbocycles. The Morgan fingerprint density at radius 3 is 2.41 bits per heavy atom. The molecule has 8 heteroatoms. The predicted octanol–water partition coefficient (Wildman–Crippen LogP) is 6.17. The standard InChI is InChI=1S/C24H29BrCl2N2O3/c1-6-21(23(31)28-24(3,4)5)29(13-16-7-8-17(26)12-20(16)27)22(30)14-32-18-9-10-19(25)15(2)11-18/h7-12,21H,6,13-14H2,1-5H3,(H,28,31). The molecule has 0 saturated carbocycles. The van der Waals surface area contributed by atoms with Gasteiger partial charge in [0.1, 0.15) is 11.8 Å². The van der Waals surface area contributed by atoms with Gasteiger partial charge in [-0.2, -0.15) is 0 Å². The molecular weight excluding hydrogens is 515 g/mol. The normalized spacial score (nSPS) is 12.2. The summed E-state index contributed by atoms with van der Waals surface area (Å²) in [5, 5.41) is 3.91. The van der Waals surface area contributed by atoms with E-state index in [2.05, 4.69) is 21.2 Å². The Bertz CT molecular complexity index is 976. The number of aryl methyl sites for hydroxylation is 1.